The molecule has 2 aromatic rings. The maximum absolute atomic E-state index is 11.7. The number of furan rings is 1. The Bertz CT molecular complexity index is 754. The lowest BCUT2D eigenvalue weighted by molar-refractivity contribution is -0.128. The molecule has 0 fully saturated rings. The van der Waals surface area contributed by atoms with Gasteiger partial charge in [-0.25, -0.2) is 0 Å². The van der Waals surface area contributed by atoms with Crippen molar-refractivity contribution in [1.82, 2.24) is 10.9 Å². The van der Waals surface area contributed by atoms with Gasteiger partial charge in [-0.2, -0.15) is 0 Å². The van der Waals surface area contributed by atoms with Crippen LogP contribution in [0.3, 0.4) is 0 Å². The number of carbonyl (C=O) groups excluding carboxylic acids is 2. The zero-order valence-electron chi connectivity index (χ0n) is 13.9. The average molecular weight is 407 g/mol. The van der Waals surface area contributed by atoms with Gasteiger partial charge in [-0.1, -0.05) is 19.9 Å². The van der Waals surface area contributed by atoms with E-state index in [1.165, 1.54) is 24.0 Å². The zero-order valence-corrected chi connectivity index (χ0v) is 15.5. The Morgan fingerprint density at radius 1 is 1.28 bits per heavy atom. The number of benzene rings is 1. The molecule has 132 valence electrons. The number of nitrogens with one attached hydrogen (secondary N) is 2. The number of hydrogen-bond donors (Lipinski definition) is 2. The summed E-state index contributed by atoms with van der Waals surface area (Å²) in [4.78, 5) is 23.3. The van der Waals surface area contributed by atoms with E-state index in [0.29, 0.717) is 17.4 Å². The Kier molecular flexibility index (Phi) is 6.82. The second-order valence-electron chi connectivity index (χ2n) is 5.52. The molecule has 0 unspecified atom stereocenters. The van der Waals surface area contributed by atoms with Crippen LogP contribution in [0.4, 0.5) is 0 Å². The molecule has 1 aromatic heterocycles. The van der Waals surface area contributed by atoms with Gasteiger partial charge in [0.25, 0.3) is 11.8 Å². The number of rotatable bonds is 6. The van der Waals surface area contributed by atoms with Crippen LogP contribution in [0.5, 0.6) is 5.75 Å². The van der Waals surface area contributed by atoms with E-state index in [-0.39, 0.29) is 6.61 Å². The number of hydrogen-bond acceptors (Lipinski definition) is 4. The summed E-state index contributed by atoms with van der Waals surface area (Å²) in [6, 6.07) is 9.13. The summed E-state index contributed by atoms with van der Waals surface area (Å²) < 4.78 is 11.3. The molecule has 0 saturated heterocycles. The van der Waals surface area contributed by atoms with Crippen LogP contribution in [0.15, 0.2) is 51.6 Å². The van der Waals surface area contributed by atoms with Crippen LogP contribution in [0.25, 0.3) is 6.08 Å². The maximum atomic E-state index is 11.7. The van der Waals surface area contributed by atoms with Crippen LogP contribution in [0.1, 0.15) is 31.1 Å². The highest BCUT2D eigenvalue weighted by molar-refractivity contribution is 9.10. The highest BCUT2D eigenvalue weighted by atomic mass is 79.9. The van der Waals surface area contributed by atoms with Crippen molar-refractivity contribution < 1.29 is 18.7 Å². The van der Waals surface area contributed by atoms with Crippen LogP contribution in [-0.4, -0.2) is 18.4 Å². The molecule has 0 radical (unpaired) electrons. The lowest BCUT2D eigenvalue weighted by atomic mass is 10.0. The average Bonchev–Trinajstić information content (AvgIpc) is 3.10. The molecule has 2 N–H and O–H groups in total. The Morgan fingerprint density at radius 2 is 2.08 bits per heavy atom. The summed E-state index contributed by atoms with van der Waals surface area (Å²) in [5.74, 6) is 0.549. The topological polar surface area (TPSA) is 80.6 Å². The first-order valence-electron chi connectivity index (χ1n) is 7.68. The molecule has 2 amide bonds. The second-order valence-corrected chi connectivity index (χ2v) is 6.37. The van der Waals surface area contributed by atoms with Gasteiger partial charge < -0.3 is 9.15 Å². The van der Waals surface area contributed by atoms with Gasteiger partial charge in [0.15, 0.2) is 6.61 Å². The first-order valence-corrected chi connectivity index (χ1v) is 8.47. The van der Waals surface area contributed by atoms with Crippen molar-refractivity contribution in [2.45, 2.75) is 19.8 Å². The third-order valence-corrected chi connectivity index (χ3v) is 3.87. The number of amides is 2. The van der Waals surface area contributed by atoms with Crippen molar-refractivity contribution in [3.05, 3.63) is 58.5 Å². The summed E-state index contributed by atoms with van der Waals surface area (Å²) in [6.45, 7) is 3.97. The molecule has 0 bridgehead atoms. The molecule has 1 heterocycles. The highest BCUT2D eigenvalue weighted by Gasteiger charge is 2.08. The number of halogens is 1. The van der Waals surface area contributed by atoms with Gasteiger partial charge in [0.2, 0.25) is 0 Å². The van der Waals surface area contributed by atoms with E-state index in [1.54, 1.807) is 18.2 Å². The molecule has 1 aromatic carbocycles. The van der Waals surface area contributed by atoms with Gasteiger partial charge in [-0.15, -0.1) is 0 Å². The van der Waals surface area contributed by atoms with Gasteiger partial charge in [0.05, 0.1) is 10.7 Å². The summed E-state index contributed by atoms with van der Waals surface area (Å²) in [5, 5.41) is 0. The van der Waals surface area contributed by atoms with Gasteiger partial charge in [-0.3, -0.25) is 20.4 Å². The SMILES string of the molecule is CC(C)c1ccc(OCC(=O)NNC(=O)C=Cc2ccco2)c(Br)c1. The molecule has 0 saturated carbocycles. The molecule has 0 aliphatic heterocycles. The van der Waals surface area contributed by atoms with Crippen LogP contribution in [-0.2, 0) is 9.59 Å². The number of ether oxygens (including phenoxy) is 1. The second kappa shape index (κ2) is 9.08. The monoisotopic (exact) mass is 406 g/mol. The number of carbonyl (C=O) groups is 2. The maximum Gasteiger partial charge on any atom is 0.276 e. The smallest absolute Gasteiger partial charge is 0.276 e. The third-order valence-electron chi connectivity index (χ3n) is 3.25. The van der Waals surface area contributed by atoms with Crippen molar-refractivity contribution in [2.75, 3.05) is 6.61 Å². The van der Waals surface area contributed by atoms with Gasteiger partial charge in [0, 0.05) is 6.08 Å². The molecule has 0 atom stereocenters. The number of hydrazine groups is 1. The molecular weight excluding hydrogens is 388 g/mol. The van der Waals surface area contributed by atoms with E-state index in [1.807, 2.05) is 12.1 Å². The van der Waals surface area contributed by atoms with E-state index in [0.717, 1.165) is 4.47 Å². The van der Waals surface area contributed by atoms with Crippen LogP contribution in [0.2, 0.25) is 0 Å². The predicted molar refractivity (Wildman–Crippen MR) is 97.8 cm³/mol. The van der Waals surface area contributed by atoms with Gasteiger partial charge >= 0.3 is 0 Å². The minimum Gasteiger partial charge on any atom is -0.483 e. The van der Waals surface area contributed by atoms with Crippen molar-refractivity contribution in [3.63, 3.8) is 0 Å². The molecule has 25 heavy (non-hydrogen) atoms. The molecule has 6 nitrogen and oxygen atoms in total. The Balaban J connectivity index is 1.76. The van der Waals surface area contributed by atoms with Crippen molar-refractivity contribution in [1.29, 1.82) is 0 Å². The molecule has 0 aliphatic rings. The molecular formula is C18H19BrN2O4. The fourth-order valence-corrected chi connectivity index (χ4v) is 2.40. The van der Waals surface area contributed by atoms with E-state index in [4.69, 9.17) is 9.15 Å². The summed E-state index contributed by atoms with van der Waals surface area (Å²) in [6.07, 6.45) is 4.25. The zero-order chi connectivity index (χ0) is 18.2. The fourth-order valence-electron chi connectivity index (χ4n) is 1.89. The lowest BCUT2D eigenvalue weighted by Gasteiger charge is -2.11. The molecule has 0 spiro atoms. The van der Waals surface area contributed by atoms with Crippen LogP contribution < -0.4 is 15.6 Å². The lowest BCUT2D eigenvalue weighted by Crippen LogP contribution is -2.43. The Hall–Kier alpha value is -2.54. The van der Waals surface area contributed by atoms with Crippen LogP contribution >= 0.6 is 15.9 Å². The Morgan fingerprint density at radius 3 is 2.72 bits per heavy atom. The quantitative estimate of drug-likeness (QED) is 0.568. The molecule has 0 aliphatic carbocycles. The predicted octanol–water partition coefficient (Wildman–Crippen LogP) is 3.41. The summed E-state index contributed by atoms with van der Waals surface area (Å²) >= 11 is 3.42. The summed E-state index contributed by atoms with van der Waals surface area (Å²) in [7, 11) is 0. The van der Waals surface area contributed by atoms with Crippen molar-refractivity contribution in [3.8, 4) is 5.75 Å². The third kappa shape index (κ3) is 6.11. The fraction of sp³-hybridized carbons (Fsp3) is 0.222. The van der Waals surface area contributed by atoms with Gasteiger partial charge in [-0.05, 0) is 57.8 Å². The molecule has 2 rings (SSSR count). The van der Waals surface area contributed by atoms with E-state index >= 15 is 0 Å². The van der Waals surface area contributed by atoms with Gasteiger partial charge in [0.1, 0.15) is 11.5 Å². The minimum atomic E-state index is -0.479. The van der Waals surface area contributed by atoms with E-state index < -0.39 is 11.8 Å². The highest BCUT2D eigenvalue weighted by Crippen LogP contribution is 2.28. The van der Waals surface area contributed by atoms with E-state index in [9.17, 15) is 9.59 Å². The van der Waals surface area contributed by atoms with E-state index in [2.05, 4.69) is 40.6 Å². The largest absolute Gasteiger partial charge is 0.483 e. The molecule has 7 heteroatoms. The standard InChI is InChI=1S/C18H19BrN2O4/c1-12(2)13-5-7-16(15(19)10-13)25-11-18(23)21-20-17(22)8-6-14-4-3-9-24-14/h3-10,12H,11H2,1-2H3,(H,20,22)(H,21,23). The Labute approximate surface area is 154 Å². The summed E-state index contributed by atoms with van der Waals surface area (Å²) in [5.41, 5.74) is 5.70. The first kappa shape index (κ1) is 18.8. The van der Waals surface area contributed by atoms with Crippen molar-refractivity contribution in [2.24, 2.45) is 0 Å². The van der Waals surface area contributed by atoms with Crippen LogP contribution in [0, 0.1) is 0 Å². The minimum absolute atomic E-state index is 0.220. The normalized spacial score (nSPS) is 10.9. The van der Waals surface area contributed by atoms with Crippen molar-refractivity contribution >= 4 is 33.8 Å². The first-order chi connectivity index (χ1) is 12.0.